The van der Waals surface area contributed by atoms with Crippen LogP contribution in [-0.4, -0.2) is 17.7 Å². The fraction of sp³-hybridized carbons (Fsp3) is 0.158. The molecule has 3 rings (SSSR count). The molecule has 0 fully saturated rings. The summed E-state index contributed by atoms with van der Waals surface area (Å²) >= 11 is 0. The third kappa shape index (κ3) is 2.84. The monoisotopic (exact) mass is 292 g/mol. The van der Waals surface area contributed by atoms with Gasteiger partial charge in [-0.05, 0) is 25.1 Å². The molecular formula is C19H16O3. The summed E-state index contributed by atoms with van der Waals surface area (Å²) in [6.45, 7) is 1.89. The van der Waals surface area contributed by atoms with Crippen molar-refractivity contribution < 1.29 is 14.3 Å². The quantitative estimate of drug-likeness (QED) is 0.859. The molecule has 22 heavy (non-hydrogen) atoms. The van der Waals surface area contributed by atoms with Gasteiger partial charge in [0.2, 0.25) is 0 Å². The first-order valence-corrected chi connectivity index (χ1v) is 7.25. The van der Waals surface area contributed by atoms with Crippen molar-refractivity contribution >= 4 is 11.6 Å². The Morgan fingerprint density at radius 2 is 1.55 bits per heavy atom. The molecule has 3 heteroatoms. The first-order chi connectivity index (χ1) is 10.6. The minimum Gasteiger partial charge on any atom is -0.490 e. The molecule has 1 atom stereocenters. The Kier molecular flexibility index (Phi) is 3.88. The number of para-hydroxylation sites is 1. The smallest absolute Gasteiger partial charge is 0.190 e. The lowest BCUT2D eigenvalue weighted by atomic mass is 9.87. The number of Topliss-reactive ketones (excluding diaryl/α,β-unsaturated/α-hetero) is 1. The molecule has 1 unspecified atom stereocenters. The molecule has 1 aliphatic rings. The zero-order chi connectivity index (χ0) is 15.5. The van der Waals surface area contributed by atoms with Gasteiger partial charge in [-0.15, -0.1) is 0 Å². The van der Waals surface area contributed by atoms with Crippen LogP contribution in [0, 0.1) is 0 Å². The molecule has 2 aromatic rings. The van der Waals surface area contributed by atoms with Crippen LogP contribution in [0.3, 0.4) is 0 Å². The van der Waals surface area contributed by atoms with Gasteiger partial charge in [0, 0.05) is 23.1 Å². The average molecular weight is 292 g/mol. The lowest BCUT2D eigenvalue weighted by molar-refractivity contribution is 0.0974. The molecule has 0 heterocycles. The molecule has 0 aliphatic heterocycles. The fourth-order valence-corrected chi connectivity index (χ4v) is 2.60. The zero-order valence-corrected chi connectivity index (χ0v) is 12.3. The number of ketones is 2. The first-order valence-electron chi connectivity index (χ1n) is 7.25. The van der Waals surface area contributed by atoms with Gasteiger partial charge >= 0.3 is 0 Å². The number of hydrogen-bond donors (Lipinski definition) is 0. The van der Waals surface area contributed by atoms with E-state index in [1.807, 2.05) is 37.3 Å². The Balaban J connectivity index is 1.76. The molecule has 0 amide bonds. The molecule has 0 bridgehead atoms. The highest BCUT2D eigenvalue weighted by Crippen LogP contribution is 2.25. The Hall–Kier alpha value is -2.68. The number of benzene rings is 2. The predicted molar refractivity (Wildman–Crippen MR) is 84.3 cm³/mol. The van der Waals surface area contributed by atoms with Crippen LogP contribution in [0.1, 0.15) is 34.1 Å². The highest BCUT2D eigenvalue weighted by atomic mass is 16.5. The van der Waals surface area contributed by atoms with Crippen molar-refractivity contribution in [2.24, 2.45) is 0 Å². The van der Waals surface area contributed by atoms with Crippen LogP contribution in [-0.2, 0) is 0 Å². The van der Waals surface area contributed by atoms with Gasteiger partial charge in [-0.25, -0.2) is 0 Å². The van der Waals surface area contributed by atoms with E-state index < -0.39 is 0 Å². The van der Waals surface area contributed by atoms with Gasteiger partial charge in [-0.3, -0.25) is 9.59 Å². The van der Waals surface area contributed by atoms with E-state index >= 15 is 0 Å². The summed E-state index contributed by atoms with van der Waals surface area (Å²) in [6.07, 6.45) is 1.67. The van der Waals surface area contributed by atoms with E-state index in [1.54, 1.807) is 24.3 Å². The molecule has 0 saturated carbocycles. The molecule has 0 radical (unpaired) electrons. The summed E-state index contributed by atoms with van der Waals surface area (Å²) in [7, 11) is 0. The van der Waals surface area contributed by atoms with Crippen LogP contribution in [0.4, 0.5) is 0 Å². The molecule has 0 N–H and O–H groups in total. The van der Waals surface area contributed by atoms with Crippen molar-refractivity contribution in [3.63, 3.8) is 0 Å². The summed E-state index contributed by atoms with van der Waals surface area (Å²) in [6, 6.07) is 16.4. The lowest BCUT2D eigenvalue weighted by Gasteiger charge is -2.19. The van der Waals surface area contributed by atoms with Crippen molar-refractivity contribution in [1.29, 1.82) is 0 Å². The van der Waals surface area contributed by atoms with Crippen molar-refractivity contribution in [2.75, 3.05) is 0 Å². The van der Waals surface area contributed by atoms with E-state index in [0.717, 1.165) is 5.75 Å². The first kappa shape index (κ1) is 14.3. The van der Waals surface area contributed by atoms with Crippen LogP contribution in [0.2, 0.25) is 0 Å². The number of allylic oxidation sites excluding steroid dienone is 1. The minimum atomic E-state index is -0.185. The maximum absolute atomic E-state index is 12.5. The number of hydrogen-bond acceptors (Lipinski definition) is 3. The predicted octanol–water partition coefficient (Wildman–Crippen LogP) is 3.85. The number of carbonyl (C=O) groups excluding carboxylic acids is 2. The highest BCUT2D eigenvalue weighted by molar-refractivity contribution is 6.24. The number of ether oxygens (including phenoxy) is 1. The molecule has 110 valence electrons. The van der Waals surface area contributed by atoms with Crippen molar-refractivity contribution in [2.45, 2.75) is 19.4 Å². The van der Waals surface area contributed by atoms with Crippen LogP contribution in [0.15, 0.2) is 66.2 Å². The van der Waals surface area contributed by atoms with Gasteiger partial charge in [-0.2, -0.15) is 0 Å². The Morgan fingerprint density at radius 1 is 0.909 bits per heavy atom. The summed E-state index contributed by atoms with van der Waals surface area (Å²) < 4.78 is 5.78. The maximum atomic E-state index is 12.5. The van der Waals surface area contributed by atoms with Crippen molar-refractivity contribution in [3.05, 3.63) is 77.4 Å². The van der Waals surface area contributed by atoms with E-state index in [9.17, 15) is 9.59 Å². The number of carbonyl (C=O) groups is 2. The number of rotatable bonds is 4. The molecular weight excluding hydrogens is 276 g/mol. The third-order valence-corrected chi connectivity index (χ3v) is 3.62. The van der Waals surface area contributed by atoms with E-state index in [1.165, 1.54) is 6.08 Å². The SMILES string of the molecule is CC(CC1=CC(=O)c2ccccc2C1=O)Oc1ccccc1. The van der Waals surface area contributed by atoms with Gasteiger partial charge in [0.05, 0.1) is 0 Å². The van der Waals surface area contributed by atoms with E-state index in [0.29, 0.717) is 23.1 Å². The second-order valence-corrected chi connectivity index (χ2v) is 5.35. The lowest BCUT2D eigenvalue weighted by Crippen LogP contribution is -2.21. The molecule has 0 spiro atoms. The number of fused-ring (bicyclic) bond motifs is 1. The van der Waals surface area contributed by atoms with Crippen LogP contribution in [0.5, 0.6) is 5.75 Å². The van der Waals surface area contributed by atoms with Crippen LogP contribution < -0.4 is 4.74 Å². The average Bonchev–Trinajstić information content (AvgIpc) is 2.53. The van der Waals surface area contributed by atoms with Gasteiger partial charge in [0.1, 0.15) is 11.9 Å². The molecule has 3 nitrogen and oxygen atoms in total. The Morgan fingerprint density at radius 3 is 2.27 bits per heavy atom. The van der Waals surface area contributed by atoms with Gasteiger partial charge in [-0.1, -0.05) is 42.5 Å². The van der Waals surface area contributed by atoms with Crippen LogP contribution in [0.25, 0.3) is 0 Å². The fourth-order valence-electron chi connectivity index (χ4n) is 2.60. The molecule has 0 aromatic heterocycles. The second-order valence-electron chi connectivity index (χ2n) is 5.35. The normalized spacial score (nSPS) is 15.0. The molecule has 1 aliphatic carbocycles. The van der Waals surface area contributed by atoms with Crippen LogP contribution >= 0.6 is 0 Å². The van der Waals surface area contributed by atoms with Gasteiger partial charge < -0.3 is 4.74 Å². The summed E-state index contributed by atoms with van der Waals surface area (Å²) in [5.74, 6) is 0.557. The summed E-state index contributed by atoms with van der Waals surface area (Å²) in [5, 5.41) is 0. The Labute approximate surface area is 129 Å². The topological polar surface area (TPSA) is 43.4 Å². The van der Waals surface area contributed by atoms with E-state index in [2.05, 4.69) is 0 Å². The van der Waals surface area contributed by atoms with E-state index in [-0.39, 0.29) is 17.7 Å². The Bertz CT molecular complexity index is 744. The molecule has 2 aromatic carbocycles. The molecule has 0 saturated heterocycles. The minimum absolute atomic E-state index is 0.0845. The zero-order valence-electron chi connectivity index (χ0n) is 12.3. The van der Waals surface area contributed by atoms with Crippen molar-refractivity contribution in [1.82, 2.24) is 0 Å². The van der Waals surface area contributed by atoms with Gasteiger partial charge in [0.15, 0.2) is 11.6 Å². The standard InChI is InChI=1S/C19H16O3/c1-13(22-15-7-3-2-4-8-15)11-14-12-18(20)16-9-5-6-10-17(16)19(14)21/h2-10,12-13H,11H2,1H3. The maximum Gasteiger partial charge on any atom is 0.190 e. The summed E-state index contributed by atoms with van der Waals surface area (Å²) in [4.78, 5) is 24.6. The third-order valence-electron chi connectivity index (χ3n) is 3.62. The largest absolute Gasteiger partial charge is 0.490 e. The van der Waals surface area contributed by atoms with Crippen molar-refractivity contribution in [3.8, 4) is 5.75 Å². The van der Waals surface area contributed by atoms with Gasteiger partial charge in [0.25, 0.3) is 0 Å². The highest BCUT2D eigenvalue weighted by Gasteiger charge is 2.26. The second kappa shape index (κ2) is 5.98. The van der Waals surface area contributed by atoms with E-state index in [4.69, 9.17) is 4.74 Å². The summed E-state index contributed by atoms with van der Waals surface area (Å²) in [5.41, 5.74) is 1.47.